The molecule has 0 spiro atoms. The molecule has 0 bridgehead atoms. The van der Waals surface area contributed by atoms with Gasteiger partial charge in [0.25, 0.3) is 0 Å². The molecular weight excluding hydrogens is 266 g/mol. The van der Waals surface area contributed by atoms with Crippen LogP contribution in [0.4, 0.5) is 0 Å². The van der Waals surface area contributed by atoms with Crippen molar-refractivity contribution in [3.8, 4) is 0 Å². The average Bonchev–Trinajstić information content (AvgIpc) is 2.56. The molecule has 0 fully saturated rings. The Morgan fingerprint density at radius 1 is 1.44 bits per heavy atom. The summed E-state index contributed by atoms with van der Waals surface area (Å²) in [5.74, 6) is 0. The van der Waals surface area contributed by atoms with E-state index in [4.69, 9.17) is 0 Å². The summed E-state index contributed by atoms with van der Waals surface area (Å²) in [7, 11) is 0. The van der Waals surface area contributed by atoms with E-state index in [1.54, 1.807) is 0 Å². The van der Waals surface area contributed by atoms with E-state index < -0.39 is 0 Å². The third-order valence-electron chi connectivity index (χ3n) is 3.40. The Hall–Kier alpha value is -1.09. The molecule has 3 rings (SSSR count). The maximum absolute atomic E-state index is 10.9. The smallest absolute Gasteiger partial charge is 0.150 e. The lowest BCUT2D eigenvalue weighted by molar-refractivity contribution is 0.112. The molecule has 2 nitrogen and oxygen atoms in total. The molecule has 1 aliphatic heterocycles. The van der Waals surface area contributed by atoms with Gasteiger partial charge in [0.15, 0.2) is 0 Å². The van der Waals surface area contributed by atoms with Crippen LogP contribution in [0.15, 0.2) is 16.6 Å². The largest absolute Gasteiger partial charge is 0.343 e. The first kappa shape index (κ1) is 10.1. The van der Waals surface area contributed by atoms with E-state index in [9.17, 15) is 4.79 Å². The van der Waals surface area contributed by atoms with Gasteiger partial charge in [-0.05, 0) is 53.4 Å². The molecule has 16 heavy (non-hydrogen) atoms. The third kappa shape index (κ3) is 1.21. The molecule has 0 saturated carbocycles. The number of aldehydes is 1. The van der Waals surface area contributed by atoms with Crippen molar-refractivity contribution in [1.82, 2.24) is 4.57 Å². The van der Waals surface area contributed by atoms with Crippen LogP contribution in [-0.2, 0) is 13.0 Å². The van der Waals surface area contributed by atoms with Gasteiger partial charge in [0.05, 0.1) is 5.52 Å². The highest BCUT2D eigenvalue weighted by Crippen LogP contribution is 2.36. The van der Waals surface area contributed by atoms with Gasteiger partial charge in [0.2, 0.25) is 0 Å². The van der Waals surface area contributed by atoms with Crippen LogP contribution in [0.3, 0.4) is 0 Å². The molecular formula is C13H12BrNO. The first-order chi connectivity index (χ1) is 7.72. The predicted octanol–water partition coefficient (Wildman–Crippen LogP) is 3.47. The average molecular weight is 278 g/mol. The van der Waals surface area contributed by atoms with E-state index in [-0.39, 0.29) is 0 Å². The summed E-state index contributed by atoms with van der Waals surface area (Å²) in [6.07, 6.45) is 3.17. The minimum atomic E-state index is 0.780. The minimum absolute atomic E-state index is 0.780. The van der Waals surface area contributed by atoms with Gasteiger partial charge in [-0.1, -0.05) is 0 Å². The molecule has 0 radical (unpaired) electrons. The molecule has 82 valence electrons. The molecule has 0 N–H and O–H groups in total. The summed E-state index contributed by atoms with van der Waals surface area (Å²) in [6.45, 7) is 3.21. The van der Waals surface area contributed by atoms with Gasteiger partial charge in [0, 0.05) is 27.7 Å². The normalized spacial score (nSPS) is 14.4. The number of carbonyl (C=O) groups is 1. The lowest BCUT2D eigenvalue weighted by Crippen LogP contribution is -2.09. The Labute approximate surface area is 102 Å². The van der Waals surface area contributed by atoms with Crippen molar-refractivity contribution < 1.29 is 4.79 Å². The molecule has 0 amide bonds. The molecule has 0 saturated heterocycles. The van der Waals surface area contributed by atoms with Crippen LogP contribution < -0.4 is 0 Å². The maximum atomic E-state index is 10.9. The Morgan fingerprint density at radius 3 is 3.00 bits per heavy atom. The van der Waals surface area contributed by atoms with Crippen molar-refractivity contribution in [1.29, 1.82) is 0 Å². The summed E-state index contributed by atoms with van der Waals surface area (Å²) in [4.78, 5) is 10.9. The van der Waals surface area contributed by atoms with Crippen LogP contribution in [-0.4, -0.2) is 10.9 Å². The Bertz CT molecular complexity index is 598. The van der Waals surface area contributed by atoms with E-state index in [1.807, 2.05) is 12.1 Å². The molecule has 1 aliphatic rings. The summed E-state index contributed by atoms with van der Waals surface area (Å²) in [5.41, 5.74) is 4.65. The van der Waals surface area contributed by atoms with Gasteiger partial charge in [0.1, 0.15) is 6.29 Å². The zero-order chi connectivity index (χ0) is 11.3. The number of nitrogens with zero attached hydrogens (tertiary/aromatic N) is 1. The van der Waals surface area contributed by atoms with Gasteiger partial charge in [-0.25, -0.2) is 0 Å². The van der Waals surface area contributed by atoms with Crippen molar-refractivity contribution in [2.24, 2.45) is 0 Å². The summed E-state index contributed by atoms with van der Waals surface area (Å²) >= 11 is 3.63. The molecule has 0 aliphatic carbocycles. The number of aryl methyl sites for hydroxylation is 2. The first-order valence-corrected chi connectivity index (χ1v) is 6.28. The van der Waals surface area contributed by atoms with E-state index in [0.29, 0.717) is 0 Å². The molecule has 0 atom stereocenters. The number of halogens is 1. The molecule has 1 aromatic carbocycles. The second kappa shape index (κ2) is 3.45. The number of rotatable bonds is 1. The van der Waals surface area contributed by atoms with E-state index in [2.05, 4.69) is 27.4 Å². The van der Waals surface area contributed by atoms with Crippen LogP contribution in [0.1, 0.15) is 28.0 Å². The number of carbonyl (C=O) groups excluding carboxylic acids is 1. The number of hydrogen-bond acceptors (Lipinski definition) is 1. The number of aromatic nitrogens is 1. The molecule has 0 unspecified atom stereocenters. The lowest BCUT2D eigenvalue weighted by atomic mass is 10.0. The maximum Gasteiger partial charge on any atom is 0.150 e. The summed E-state index contributed by atoms with van der Waals surface area (Å²) in [6, 6.07) is 4.00. The van der Waals surface area contributed by atoms with Crippen molar-refractivity contribution in [3.63, 3.8) is 0 Å². The van der Waals surface area contributed by atoms with Crippen LogP contribution in [0.2, 0.25) is 0 Å². The predicted molar refractivity (Wildman–Crippen MR) is 68.1 cm³/mol. The van der Waals surface area contributed by atoms with Gasteiger partial charge >= 0.3 is 0 Å². The van der Waals surface area contributed by atoms with E-state index >= 15 is 0 Å². The highest BCUT2D eigenvalue weighted by Gasteiger charge is 2.19. The van der Waals surface area contributed by atoms with E-state index in [0.717, 1.165) is 35.7 Å². The summed E-state index contributed by atoms with van der Waals surface area (Å²) < 4.78 is 3.49. The highest BCUT2D eigenvalue weighted by atomic mass is 79.9. The molecule has 2 aromatic rings. The van der Waals surface area contributed by atoms with Crippen LogP contribution in [0.25, 0.3) is 10.9 Å². The van der Waals surface area contributed by atoms with E-state index in [1.165, 1.54) is 22.2 Å². The van der Waals surface area contributed by atoms with Crippen molar-refractivity contribution in [2.45, 2.75) is 26.3 Å². The Morgan fingerprint density at radius 2 is 2.25 bits per heavy atom. The first-order valence-electron chi connectivity index (χ1n) is 5.49. The Kier molecular flexibility index (Phi) is 2.18. The standard InChI is InChI=1S/C13H12BrNO/c1-8-12(14)11-6-9(7-16)5-10-3-2-4-15(8)13(10)11/h5-7H,2-4H2,1H3. The van der Waals surface area contributed by atoms with Gasteiger partial charge < -0.3 is 4.57 Å². The van der Waals surface area contributed by atoms with Crippen LogP contribution >= 0.6 is 15.9 Å². The topological polar surface area (TPSA) is 22.0 Å². The van der Waals surface area contributed by atoms with Crippen molar-refractivity contribution in [3.05, 3.63) is 33.4 Å². The van der Waals surface area contributed by atoms with Gasteiger partial charge in [-0.15, -0.1) is 0 Å². The summed E-state index contributed by atoms with van der Waals surface area (Å²) in [5, 5.41) is 1.18. The monoisotopic (exact) mass is 277 g/mol. The van der Waals surface area contributed by atoms with Gasteiger partial charge in [-0.2, -0.15) is 0 Å². The highest BCUT2D eigenvalue weighted by molar-refractivity contribution is 9.10. The second-order valence-corrected chi connectivity index (χ2v) is 5.14. The van der Waals surface area contributed by atoms with Crippen molar-refractivity contribution >= 4 is 33.1 Å². The zero-order valence-electron chi connectivity index (χ0n) is 9.09. The number of hydrogen-bond donors (Lipinski definition) is 0. The second-order valence-electron chi connectivity index (χ2n) is 4.35. The SMILES string of the molecule is Cc1c(Br)c2cc(C=O)cc3c2n1CCC3. The number of benzene rings is 1. The fourth-order valence-electron chi connectivity index (χ4n) is 2.65. The third-order valence-corrected chi connectivity index (χ3v) is 4.41. The molecule has 3 heteroatoms. The van der Waals surface area contributed by atoms with Gasteiger partial charge in [-0.3, -0.25) is 4.79 Å². The van der Waals surface area contributed by atoms with Crippen molar-refractivity contribution in [2.75, 3.05) is 0 Å². The Balaban J connectivity index is 2.49. The van der Waals surface area contributed by atoms with Crippen LogP contribution in [0, 0.1) is 6.92 Å². The quantitative estimate of drug-likeness (QED) is 0.732. The fraction of sp³-hybridized carbons (Fsp3) is 0.308. The minimum Gasteiger partial charge on any atom is -0.343 e. The molecule has 1 aromatic heterocycles. The van der Waals surface area contributed by atoms with Crippen LogP contribution in [0.5, 0.6) is 0 Å². The lowest BCUT2D eigenvalue weighted by Gasteiger charge is -2.17. The fourth-order valence-corrected chi connectivity index (χ4v) is 3.17. The zero-order valence-corrected chi connectivity index (χ0v) is 10.7. The molecule has 2 heterocycles.